The minimum absolute atomic E-state index is 0.0660. The van der Waals surface area contributed by atoms with Crippen LogP contribution < -0.4 is 20.9 Å². The summed E-state index contributed by atoms with van der Waals surface area (Å²) in [4.78, 5) is 76.3. The molecule has 14 aromatic rings. The second-order valence-electron chi connectivity index (χ2n) is 32.3. The van der Waals surface area contributed by atoms with Crippen molar-refractivity contribution in [3.63, 3.8) is 0 Å². The van der Waals surface area contributed by atoms with Crippen molar-refractivity contribution in [3.8, 4) is 44.1 Å². The molecule has 0 aliphatic rings. The van der Waals surface area contributed by atoms with Gasteiger partial charge in [0.05, 0.1) is 104 Å². The molecule has 0 radical (unpaired) electrons. The number of carboxylic acid groups (broad SMARTS) is 2. The lowest BCUT2D eigenvalue weighted by atomic mass is 9.86. The van der Waals surface area contributed by atoms with Crippen LogP contribution in [0.1, 0.15) is 80.3 Å². The molecule has 6 unspecified atom stereocenters. The van der Waals surface area contributed by atoms with Gasteiger partial charge in [-0.2, -0.15) is 79.0 Å². The second-order valence-corrected chi connectivity index (χ2v) is 34.4. The first kappa shape index (κ1) is 120. The molecule has 0 aliphatic carbocycles. The Hall–Kier alpha value is -14.3. The number of aliphatic carboxylic acids is 2. The number of Topliss-reactive ketones (excluding diaryl/α,β-unsaturated/α-hetero) is 1. The zero-order valence-corrected chi connectivity index (χ0v) is 80.9. The summed E-state index contributed by atoms with van der Waals surface area (Å²) in [5.74, 6) is -15.8. The summed E-state index contributed by atoms with van der Waals surface area (Å²) in [6.45, 7) is 4.98. The SMILES string of the molecule is CC(O)C(F)(F)F.CCOC(=O)C(C(=O)OCC)C(Cc1ccccc1)C(F)(F)F.CCOC(Cc1ccccc1)C(F)(F)F.Cn1cnc(-c2cc3nccc(Oc4ccc(CC(=O)CC(Cc5ccccc5)C(F)(F)F)cc4F)c3s2)c1.Cn1cnc(-c2cc3nccc(Oc4ccc(N)cc4F)c3s2)c1.Nc1ccccc1.O=C(O)CC(Cc1ccccc1)C(F)(F)F.O=C(O)CC(Cc1ccccc1)C(F)(F)F. The van der Waals surface area contributed by atoms with Crippen molar-refractivity contribution in [1.82, 2.24) is 29.1 Å². The molecule has 0 saturated carbocycles. The fourth-order valence-corrected chi connectivity index (χ4v) is 15.5. The number of nitrogens with two attached hydrogens (primary N) is 2. The number of nitrogen functional groups attached to an aromatic ring is 2. The number of ketones is 1. The second kappa shape index (κ2) is 57.0. The van der Waals surface area contributed by atoms with E-state index in [1.54, 1.807) is 190 Å². The van der Waals surface area contributed by atoms with E-state index in [-0.39, 0.29) is 69.0 Å². The monoisotopic (exact) mass is 2110 g/mol. The van der Waals surface area contributed by atoms with Crippen LogP contribution in [0.2, 0.25) is 0 Å². The number of esters is 2. The van der Waals surface area contributed by atoms with E-state index in [1.165, 1.54) is 72.9 Å². The maximum absolute atomic E-state index is 15.0. The number of hydrogen-bond donors (Lipinski definition) is 5. The van der Waals surface area contributed by atoms with Crippen LogP contribution in [0.3, 0.4) is 0 Å². The highest BCUT2D eigenvalue weighted by Crippen LogP contribution is 2.44. The van der Waals surface area contributed by atoms with Crippen LogP contribution in [0.25, 0.3) is 41.6 Å². The molecule has 0 bridgehead atoms. The molecular formula is C104H102F20N8O13S2. The number of para-hydroxylation sites is 1. The quantitative estimate of drug-likeness (QED) is 0.0117. The number of fused-ring (bicyclic) bond motifs is 2. The molecule has 6 aromatic heterocycles. The zero-order valence-electron chi connectivity index (χ0n) is 79.2. The molecule has 0 aliphatic heterocycles. The number of benzene rings is 8. The first-order valence-corrected chi connectivity index (χ1v) is 46.3. The van der Waals surface area contributed by atoms with Crippen LogP contribution in [0, 0.1) is 41.2 Å². The summed E-state index contributed by atoms with van der Waals surface area (Å²) in [6.07, 6.45) is -24.7. The Bertz CT molecular complexity index is 6290. The van der Waals surface area contributed by atoms with Gasteiger partial charge in [0.25, 0.3) is 0 Å². The van der Waals surface area contributed by atoms with Gasteiger partial charge in [0.1, 0.15) is 23.4 Å². The van der Waals surface area contributed by atoms with Crippen LogP contribution >= 0.6 is 22.7 Å². The van der Waals surface area contributed by atoms with Crippen molar-refractivity contribution < 1.29 is 151 Å². The summed E-state index contributed by atoms with van der Waals surface area (Å²) in [5, 5.41) is 24.6. The highest BCUT2D eigenvalue weighted by molar-refractivity contribution is 7.23. The number of aromatic nitrogens is 6. The average molecular weight is 2120 g/mol. The van der Waals surface area contributed by atoms with E-state index in [1.807, 2.05) is 78.1 Å². The lowest BCUT2D eigenvalue weighted by molar-refractivity contribution is -0.218. The van der Waals surface area contributed by atoms with Crippen LogP contribution in [0.4, 0.5) is 99.2 Å². The molecule has 0 saturated heterocycles. The van der Waals surface area contributed by atoms with Gasteiger partial charge in [-0.3, -0.25) is 33.9 Å². The number of aryl methyl sites for hydroxylation is 2. The number of carbonyl (C=O) groups excluding carboxylic acids is 3. The summed E-state index contributed by atoms with van der Waals surface area (Å²) in [6, 6.07) is 65.8. The lowest BCUT2D eigenvalue weighted by Gasteiger charge is -2.26. The van der Waals surface area contributed by atoms with Crippen molar-refractivity contribution in [3.05, 3.63) is 325 Å². The third-order valence-corrected chi connectivity index (χ3v) is 22.9. The van der Waals surface area contributed by atoms with Crippen molar-refractivity contribution in [2.45, 2.75) is 135 Å². The molecule has 8 aromatic carbocycles. The molecule has 7 N–H and O–H groups in total. The largest absolute Gasteiger partial charge is 0.481 e. The van der Waals surface area contributed by atoms with E-state index in [9.17, 15) is 112 Å². The van der Waals surface area contributed by atoms with Crippen LogP contribution in [0.5, 0.6) is 23.0 Å². The van der Waals surface area contributed by atoms with Crippen molar-refractivity contribution in [1.29, 1.82) is 0 Å². The molecule has 14 rings (SSSR count). The maximum atomic E-state index is 15.0. The number of hydrogen-bond acceptors (Lipinski definition) is 19. The van der Waals surface area contributed by atoms with Crippen molar-refractivity contribution >= 4 is 84.1 Å². The van der Waals surface area contributed by atoms with Crippen LogP contribution in [0.15, 0.2) is 280 Å². The third kappa shape index (κ3) is 41.6. The van der Waals surface area contributed by atoms with E-state index < -0.39 is 146 Å². The minimum Gasteiger partial charge on any atom is -0.481 e. The first-order valence-electron chi connectivity index (χ1n) is 44.6. The molecule has 788 valence electrons. The topological polar surface area (TPSA) is 306 Å². The molecule has 0 fully saturated rings. The number of carboxylic acids is 2. The number of ether oxygens (including phenoxy) is 5. The number of aliphatic hydroxyl groups is 1. The number of aliphatic hydroxyl groups excluding tert-OH is 1. The Balaban J connectivity index is 0.000000240. The standard InChI is InChI=1S/C29H23F4N3O2S.C17H13FN4OS.C16H19F3O4.2C11H11F3O2.C11H13F3O.C6H7N.C3H5F3O/c1-36-16-24(35-17-36)27-15-23-28(39-27)26(9-10-34-23)38-25-8-7-19(13-22(25)30)12-21(37)14-20(29(31,32)33)11-18-5-3-2-4-6-18;1-22-8-13(21-9-22)16-7-12-17(24-16)15(4-5-20-12)23-14-3-2-10(19)6-11(14)18;1-3-22-14(20)13(15(21)23-4-2)12(16(17,18)19)10-11-8-6-5-7-9-11;2*12-11(13,14)9(7-10(15)16)6-8-4-2-1-3-5-8;1-2-15-10(11(12,13)14)8-9-6-4-3-5-7-9;7-6-4-2-1-3-5-6;1-2(7)3(4,5)6/h2-10,13,15-17,20H,11-12,14H2,1H3;2-9H,19H2,1H3;5-9,12-13H,3-4,10H2,1-2H3;2*1-5,9H,6-7H2,(H,15,16);3-7,10H,2,8H2,1H3;1-5H,7H2;2,7H,1H3. The van der Waals surface area contributed by atoms with E-state index in [4.69, 9.17) is 36.3 Å². The predicted molar refractivity (Wildman–Crippen MR) is 515 cm³/mol. The number of thiophene rings is 2. The molecule has 147 heavy (non-hydrogen) atoms. The van der Waals surface area contributed by atoms with Gasteiger partial charge in [-0.05, 0) is 135 Å². The number of rotatable bonds is 31. The van der Waals surface area contributed by atoms with E-state index >= 15 is 0 Å². The average Bonchev–Trinajstić information content (AvgIpc) is 1.66. The first-order chi connectivity index (χ1) is 69.2. The van der Waals surface area contributed by atoms with Crippen LogP contribution in [-0.4, -0.2) is 143 Å². The van der Waals surface area contributed by atoms with Gasteiger partial charge in [0.2, 0.25) is 0 Å². The summed E-state index contributed by atoms with van der Waals surface area (Å²) in [7, 11) is 3.79. The van der Waals surface area contributed by atoms with Gasteiger partial charge in [0, 0.05) is 94.3 Å². The Morgan fingerprint density at radius 2 is 0.735 bits per heavy atom. The van der Waals surface area contributed by atoms with Gasteiger partial charge in [-0.1, -0.05) is 176 Å². The van der Waals surface area contributed by atoms with Gasteiger partial charge in [0.15, 0.2) is 35.2 Å². The normalized spacial score (nSPS) is 12.7. The Labute approximate surface area is 838 Å². The van der Waals surface area contributed by atoms with Gasteiger partial charge in [-0.25, -0.2) is 18.7 Å². The zero-order chi connectivity index (χ0) is 109. The van der Waals surface area contributed by atoms with Gasteiger partial charge in [-0.15, -0.1) is 22.7 Å². The Morgan fingerprint density at radius 1 is 0.388 bits per heavy atom. The fraction of sp³-hybridized carbons (Fsp3) is 0.298. The number of imidazole rings is 2. The van der Waals surface area contributed by atoms with Crippen molar-refractivity contribution in [2.75, 3.05) is 31.3 Å². The lowest BCUT2D eigenvalue weighted by Crippen LogP contribution is -2.42. The van der Waals surface area contributed by atoms with Gasteiger partial charge < -0.3 is 59.6 Å². The number of anilines is 2. The smallest absolute Gasteiger partial charge is 0.414 e. The minimum atomic E-state index is -4.75. The number of nitrogens with zero attached hydrogens (tertiary/aromatic N) is 6. The summed E-state index contributed by atoms with van der Waals surface area (Å²) >= 11 is 2.92. The molecule has 43 heteroatoms. The molecule has 0 spiro atoms. The van der Waals surface area contributed by atoms with E-state index in [0.29, 0.717) is 62.1 Å². The Kier molecular flexibility index (Phi) is 46.3. The predicted octanol–water partition coefficient (Wildman–Crippen LogP) is 26.1. The fourth-order valence-electron chi connectivity index (χ4n) is 13.4. The molecule has 21 nitrogen and oxygen atoms in total. The van der Waals surface area contributed by atoms with Crippen LogP contribution in [-0.2, 0) is 90.8 Å². The summed E-state index contributed by atoms with van der Waals surface area (Å²) < 4.78 is 286. The number of pyridine rings is 2. The Morgan fingerprint density at radius 3 is 1.03 bits per heavy atom. The van der Waals surface area contributed by atoms with Crippen molar-refractivity contribution in [2.24, 2.45) is 43.7 Å². The summed E-state index contributed by atoms with van der Waals surface area (Å²) in [5.41, 5.74) is 18.0. The third-order valence-electron chi connectivity index (χ3n) is 20.6. The molecular weight excluding hydrogens is 2010 g/mol. The molecule has 0 amide bonds. The maximum Gasteiger partial charge on any atom is 0.414 e. The van der Waals surface area contributed by atoms with E-state index in [0.717, 1.165) is 43.1 Å². The number of alkyl halides is 18. The highest BCUT2D eigenvalue weighted by atomic mass is 32.1. The molecule has 6 heterocycles. The highest BCUT2D eigenvalue weighted by Gasteiger charge is 2.52. The van der Waals surface area contributed by atoms with Gasteiger partial charge >= 0.3 is 60.9 Å². The number of halogens is 20. The van der Waals surface area contributed by atoms with E-state index in [2.05, 4.69) is 34.1 Å². The molecule has 6 atom stereocenters. The number of carbonyl (C=O) groups is 5.